The summed E-state index contributed by atoms with van der Waals surface area (Å²) in [5.74, 6) is 1.43. The van der Waals surface area contributed by atoms with Crippen LogP contribution >= 0.6 is 11.8 Å². The number of amides is 2. The lowest BCUT2D eigenvalue weighted by molar-refractivity contribution is -0.130. The predicted molar refractivity (Wildman–Crippen MR) is 98.9 cm³/mol. The summed E-state index contributed by atoms with van der Waals surface area (Å²) in [5, 5.41) is 5.81. The lowest BCUT2D eigenvalue weighted by Crippen LogP contribution is -2.46. The summed E-state index contributed by atoms with van der Waals surface area (Å²) in [5.41, 5.74) is 0.650. The molecule has 24 heavy (non-hydrogen) atoms. The van der Waals surface area contributed by atoms with Crippen molar-refractivity contribution in [1.29, 1.82) is 0 Å². The Balaban J connectivity index is 1.94. The van der Waals surface area contributed by atoms with E-state index in [1.54, 1.807) is 36.3 Å². The minimum absolute atomic E-state index is 0.0225. The van der Waals surface area contributed by atoms with E-state index in [2.05, 4.69) is 22.5 Å². The van der Waals surface area contributed by atoms with Gasteiger partial charge in [-0.05, 0) is 62.2 Å². The van der Waals surface area contributed by atoms with Gasteiger partial charge in [0, 0.05) is 12.1 Å². The molecule has 2 rings (SSSR count). The first-order valence-electron chi connectivity index (χ1n) is 8.60. The molecule has 132 valence electrons. The zero-order valence-corrected chi connectivity index (χ0v) is 15.3. The van der Waals surface area contributed by atoms with Gasteiger partial charge >= 0.3 is 0 Å². The van der Waals surface area contributed by atoms with Gasteiger partial charge in [0.2, 0.25) is 11.8 Å². The largest absolute Gasteiger partial charge is 0.344 e. The molecule has 1 aliphatic carbocycles. The van der Waals surface area contributed by atoms with Crippen molar-refractivity contribution in [1.82, 2.24) is 10.3 Å². The van der Waals surface area contributed by atoms with Crippen LogP contribution in [-0.4, -0.2) is 34.8 Å². The van der Waals surface area contributed by atoms with Gasteiger partial charge in [0.1, 0.15) is 6.04 Å². The van der Waals surface area contributed by atoms with Gasteiger partial charge in [-0.15, -0.1) is 0 Å². The Hall–Kier alpha value is -1.56. The van der Waals surface area contributed by atoms with E-state index in [0.29, 0.717) is 18.0 Å². The average molecular weight is 350 g/mol. The lowest BCUT2D eigenvalue weighted by atomic mass is 9.82. The number of rotatable bonds is 7. The number of anilines is 1. The molecule has 1 aromatic heterocycles. The minimum atomic E-state index is -0.496. The molecule has 2 N–H and O–H groups in total. The fraction of sp³-hybridized carbons (Fsp3) is 0.611. The number of hydrogen-bond donors (Lipinski definition) is 2. The number of pyridine rings is 1. The number of thioether (sulfide) groups is 1. The zero-order chi connectivity index (χ0) is 17.4. The number of carbonyl (C=O) groups excluding carboxylic acids is 2. The van der Waals surface area contributed by atoms with E-state index in [1.807, 2.05) is 6.26 Å². The first-order chi connectivity index (χ1) is 11.6. The zero-order valence-electron chi connectivity index (χ0n) is 14.5. The van der Waals surface area contributed by atoms with Gasteiger partial charge in [-0.25, -0.2) is 0 Å². The molecule has 1 aromatic rings. The summed E-state index contributed by atoms with van der Waals surface area (Å²) in [6.45, 7) is 2.23. The van der Waals surface area contributed by atoms with Gasteiger partial charge < -0.3 is 10.6 Å². The maximum Gasteiger partial charge on any atom is 0.247 e. The van der Waals surface area contributed by atoms with E-state index < -0.39 is 6.04 Å². The highest BCUT2D eigenvalue weighted by atomic mass is 32.2. The van der Waals surface area contributed by atoms with Crippen molar-refractivity contribution in [3.8, 4) is 0 Å². The van der Waals surface area contributed by atoms with E-state index in [-0.39, 0.29) is 17.7 Å². The van der Waals surface area contributed by atoms with Gasteiger partial charge in [0.25, 0.3) is 0 Å². The quantitative estimate of drug-likeness (QED) is 0.793. The maximum absolute atomic E-state index is 12.5. The Labute approximate surface area is 148 Å². The summed E-state index contributed by atoms with van der Waals surface area (Å²) in [6.07, 6.45) is 9.92. The third-order valence-electron chi connectivity index (χ3n) is 4.56. The maximum atomic E-state index is 12.5. The van der Waals surface area contributed by atoms with Gasteiger partial charge in [0.05, 0.1) is 11.9 Å². The molecule has 1 aliphatic rings. The second kappa shape index (κ2) is 9.67. The van der Waals surface area contributed by atoms with Crippen LogP contribution in [0.15, 0.2) is 24.5 Å². The molecule has 0 radical (unpaired) electrons. The van der Waals surface area contributed by atoms with Crippen molar-refractivity contribution in [3.63, 3.8) is 0 Å². The fourth-order valence-electron chi connectivity index (χ4n) is 2.98. The van der Waals surface area contributed by atoms with Crippen molar-refractivity contribution in [2.45, 2.75) is 45.1 Å². The molecule has 5 nitrogen and oxygen atoms in total. The minimum Gasteiger partial charge on any atom is -0.344 e. The summed E-state index contributed by atoms with van der Waals surface area (Å²) in [6, 6.07) is 3.07. The molecule has 0 saturated heterocycles. The highest BCUT2D eigenvalue weighted by molar-refractivity contribution is 7.98. The lowest BCUT2D eigenvalue weighted by Gasteiger charge is -2.27. The molecule has 0 aliphatic heterocycles. The average Bonchev–Trinajstić information content (AvgIpc) is 2.59. The normalized spacial score (nSPS) is 21.8. The Morgan fingerprint density at radius 2 is 2.08 bits per heavy atom. The Morgan fingerprint density at radius 3 is 2.71 bits per heavy atom. The third-order valence-corrected chi connectivity index (χ3v) is 5.20. The van der Waals surface area contributed by atoms with Crippen LogP contribution in [-0.2, 0) is 9.59 Å². The third kappa shape index (κ3) is 5.82. The molecule has 1 heterocycles. The molecule has 0 unspecified atom stereocenters. The molecule has 6 heteroatoms. The van der Waals surface area contributed by atoms with E-state index in [1.165, 1.54) is 0 Å². The van der Waals surface area contributed by atoms with Crippen molar-refractivity contribution in [3.05, 3.63) is 24.5 Å². The summed E-state index contributed by atoms with van der Waals surface area (Å²) in [4.78, 5) is 29.0. The molecule has 1 fully saturated rings. The molecular formula is C18H27N3O2S. The topological polar surface area (TPSA) is 71.1 Å². The van der Waals surface area contributed by atoms with E-state index >= 15 is 0 Å². The van der Waals surface area contributed by atoms with Crippen molar-refractivity contribution in [2.75, 3.05) is 17.3 Å². The Bertz CT molecular complexity index is 530. The van der Waals surface area contributed by atoms with Gasteiger partial charge in [-0.3, -0.25) is 14.6 Å². The van der Waals surface area contributed by atoms with Gasteiger partial charge in [-0.2, -0.15) is 11.8 Å². The number of nitrogens with zero attached hydrogens (tertiary/aromatic N) is 1. The number of carbonyl (C=O) groups is 2. The summed E-state index contributed by atoms with van der Waals surface area (Å²) >= 11 is 1.67. The van der Waals surface area contributed by atoms with Crippen molar-refractivity contribution < 1.29 is 9.59 Å². The highest BCUT2D eigenvalue weighted by Crippen LogP contribution is 2.28. The number of hydrogen-bond acceptors (Lipinski definition) is 4. The molecule has 1 saturated carbocycles. The smallest absolute Gasteiger partial charge is 0.247 e. The standard InChI is InChI=1S/C18H27N3O2S/c1-13-5-7-14(8-6-13)17(22)21-16(9-11-24-2)18(23)20-15-4-3-10-19-12-15/h3-4,10,12-14,16H,5-9,11H2,1-2H3,(H,20,23)(H,21,22)/t13?,14?,16-/m1/s1. The monoisotopic (exact) mass is 349 g/mol. The molecular weight excluding hydrogens is 322 g/mol. The molecule has 0 bridgehead atoms. The van der Waals surface area contributed by atoms with Crippen LogP contribution in [0.1, 0.15) is 39.0 Å². The van der Waals surface area contributed by atoms with Crippen LogP contribution in [0.3, 0.4) is 0 Å². The first-order valence-corrected chi connectivity index (χ1v) is 9.99. The van der Waals surface area contributed by atoms with E-state index in [4.69, 9.17) is 0 Å². The van der Waals surface area contributed by atoms with E-state index in [9.17, 15) is 9.59 Å². The van der Waals surface area contributed by atoms with Crippen LogP contribution in [0.5, 0.6) is 0 Å². The highest BCUT2D eigenvalue weighted by Gasteiger charge is 2.28. The number of aromatic nitrogens is 1. The predicted octanol–water partition coefficient (Wildman–Crippen LogP) is 3.08. The first kappa shape index (κ1) is 18.8. The Kier molecular flexibility index (Phi) is 7.56. The fourth-order valence-corrected chi connectivity index (χ4v) is 3.45. The van der Waals surface area contributed by atoms with Crippen LogP contribution in [0, 0.1) is 11.8 Å². The van der Waals surface area contributed by atoms with Crippen molar-refractivity contribution >= 4 is 29.3 Å². The van der Waals surface area contributed by atoms with Crippen LogP contribution in [0.25, 0.3) is 0 Å². The van der Waals surface area contributed by atoms with Crippen LogP contribution in [0.4, 0.5) is 5.69 Å². The summed E-state index contributed by atoms with van der Waals surface area (Å²) in [7, 11) is 0. The number of nitrogens with one attached hydrogen (secondary N) is 2. The molecule has 2 amide bonds. The molecule has 0 spiro atoms. The second-order valence-corrected chi connectivity index (χ2v) is 7.52. The molecule has 0 aromatic carbocycles. The van der Waals surface area contributed by atoms with Crippen LogP contribution < -0.4 is 10.6 Å². The van der Waals surface area contributed by atoms with Crippen LogP contribution in [0.2, 0.25) is 0 Å². The van der Waals surface area contributed by atoms with E-state index in [0.717, 1.165) is 31.4 Å². The molecule has 1 atom stereocenters. The van der Waals surface area contributed by atoms with Gasteiger partial charge in [-0.1, -0.05) is 6.92 Å². The summed E-state index contributed by atoms with van der Waals surface area (Å²) < 4.78 is 0. The van der Waals surface area contributed by atoms with Gasteiger partial charge in [0.15, 0.2) is 0 Å². The van der Waals surface area contributed by atoms with Crippen molar-refractivity contribution in [2.24, 2.45) is 11.8 Å². The second-order valence-electron chi connectivity index (χ2n) is 6.53. The Morgan fingerprint density at radius 1 is 1.33 bits per heavy atom. The SMILES string of the molecule is CSCC[C@@H](NC(=O)C1CCC(C)CC1)C(=O)Nc1cccnc1.